The topological polar surface area (TPSA) is 26.0 Å². The predicted octanol–water partition coefficient (Wildman–Crippen LogP) is 2.44. The highest BCUT2D eigenvalue weighted by molar-refractivity contribution is 7.15. The van der Waals surface area contributed by atoms with Crippen LogP contribution in [0.1, 0.15) is 4.88 Å². The molecule has 2 N–H and O–H groups in total. The van der Waals surface area contributed by atoms with Gasteiger partial charge in [-0.2, -0.15) is 13.2 Å². The van der Waals surface area contributed by atoms with Crippen molar-refractivity contribution >= 4 is 16.3 Å². The lowest BCUT2D eigenvalue weighted by Crippen LogP contribution is -2.09. The van der Waals surface area contributed by atoms with Gasteiger partial charge in [-0.3, -0.25) is 0 Å². The number of hydrogen-bond donors (Lipinski definition) is 1. The molecule has 1 heterocycles. The van der Waals surface area contributed by atoms with Crippen molar-refractivity contribution < 1.29 is 13.2 Å². The summed E-state index contributed by atoms with van der Waals surface area (Å²) in [5.74, 6) is 0. The van der Waals surface area contributed by atoms with E-state index in [1.165, 1.54) is 12.1 Å². The first-order chi connectivity index (χ1) is 4.97. The highest BCUT2D eigenvalue weighted by atomic mass is 32.1. The molecule has 5 heteroatoms. The minimum atomic E-state index is -4.13. The average molecular weight is 181 g/mol. The van der Waals surface area contributed by atoms with Gasteiger partial charge in [0.1, 0.15) is 0 Å². The summed E-state index contributed by atoms with van der Waals surface area (Å²) < 4.78 is 35.1. The molecule has 0 spiro atoms. The molecule has 0 aliphatic heterocycles. The molecule has 0 unspecified atom stereocenters. The minimum Gasteiger partial charge on any atom is -0.391 e. The van der Waals surface area contributed by atoms with E-state index in [0.717, 1.165) is 11.3 Å². The lowest BCUT2D eigenvalue weighted by molar-refractivity contribution is -0.126. The van der Waals surface area contributed by atoms with Crippen LogP contribution in [0.25, 0.3) is 0 Å². The molecule has 1 aromatic heterocycles. The normalized spacial score (nSPS) is 11.9. The van der Waals surface area contributed by atoms with Gasteiger partial charge < -0.3 is 5.73 Å². The second kappa shape index (κ2) is 2.73. The van der Waals surface area contributed by atoms with Gasteiger partial charge in [0.2, 0.25) is 0 Å². The Kier molecular flexibility index (Phi) is 2.08. The maximum Gasteiger partial charge on any atom is 0.393 e. The van der Waals surface area contributed by atoms with Gasteiger partial charge in [0.25, 0.3) is 0 Å². The van der Waals surface area contributed by atoms with Crippen LogP contribution in [0, 0.1) is 0 Å². The Balaban J connectivity index is 2.65. The third kappa shape index (κ3) is 2.80. The summed E-state index contributed by atoms with van der Waals surface area (Å²) in [5.41, 5.74) is 5.25. The van der Waals surface area contributed by atoms with Crippen molar-refractivity contribution in [1.82, 2.24) is 0 Å². The average Bonchev–Trinajstić information content (AvgIpc) is 2.10. The molecule has 0 bridgehead atoms. The molecular formula is C6H6F3NS. The first-order valence-corrected chi connectivity index (χ1v) is 3.70. The number of halogens is 3. The molecule has 1 nitrogen and oxygen atoms in total. The summed E-state index contributed by atoms with van der Waals surface area (Å²) >= 11 is 0.972. The highest BCUT2D eigenvalue weighted by Gasteiger charge is 2.28. The number of rotatable bonds is 1. The Morgan fingerprint density at radius 3 is 2.36 bits per heavy atom. The van der Waals surface area contributed by atoms with Crippen LogP contribution < -0.4 is 5.73 Å². The van der Waals surface area contributed by atoms with E-state index >= 15 is 0 Å². The second-order valence-electron chi connectivity index (χ2n) is 2.10. The Morgan fingerprint density at radius 2 is 2.00 bits per heavy atom. The van der Waals surface area contributed by atoms with E-state index in [1.54, 1.807) is 0 Å². The first-order valence-electron chi connectivity index (χ1n) is 2.88. The first kappa shape index (κ1) is 8.39. The number of thiophene rings is 1. The molecule has 1 aromatic rings. The van der Waals surface area contributed by atoms with E-state index in [9.17, 15) is 13.2 Å². The smallest absolute Gasteiger partial charge is 0.391 e. The van der Waals surface area contributed by atoms with E-state index in [-0.39, 0.29) is 4.88 Å². The van der Waals surface area contributed by atoms with Crippen LogP contribution in [0.15, 0.2) is 12.1 Å². The third-order valence-corrected chi connectivity index (χ3v) is 1.97. The number of nitrogens with two attached hydrogens (primary N) is 1. The van der Waals surface area contributed by atoms with E-state index in [0.29, 0.717) is 5.00 Å². The lowest BCUT2D eigenvalue weighted by Gasteiger charge is -2.01. The lowest BCUT2D eigenvalue weighted by atomic mass is 10.3. The number of nitrogen functional groups attached to an aromatic ring is 1. The largest absolute Gasteiger partial charge is 0.393 e. The molecule has 0 amide bonds. The van der Waals surface area contributed by atoms with Crippen molar-refractivity contribution in [3.63, 3.8) is 0 Å². The van der Waals surface area contributed by atoms with Gasteiger partial charge in [-0.25, -0.2) is 0 Å². The fourth-order valence-corrected chi connectivity index (χ4v) is 1.50. The zero-order valence-corrected chi connectivity index (χ0v) is 6.30. The van der Waals surface area contributed by atoms with Crippen LogP contribution in [0.2, 0.25) is 0 Å². The van der Waals surface area contributed by atoms with Gasteiger partial charge in [-0.05, 0) is 12.1 Å². The van der Waals surface area contributed by atoms with Crippen molar-refractivity contribution in [2.24, 2.45) is 0 Å². The van der Waals surface area contributed by atoms with Gasteiger partial charge in [0.05, 0.1) is 11.4 Å². The maximum absolute atomic E-state index is 11.7. The van der Waals surface area contributed by atoms with Gasteiger partial charge in [-0.15, -0.1) is 11.3 Å². The molecule has 0 saturated heterocycles. The van der Waals surface area contributed by atoms with Crippen molar-refractivity contribution in [2.45, 2.75) is 12.6 Å². The molecule has 0 aromatic carbocycles. The summed E-state index contributed by atoms with van der Waals surface area (Å²) in [7, 11) is 0. The second-order valence-corrected chi connectivity index (χ2v) is 3.30. The number of alkyl halides is 3. The fourth-order valence-electron chi connectivity index (χ4n) is 0.687. The number of hydrogen-bond acceptors (Lipinski definition) is 2. The van der Waals surface area contributed by atoms with Crippen molar-refractivity contribution in [1.29, 1.82) is 0 Å². The molecule has 0 aliphatic carbocycles. The Bertz CT molecular complexity index is 240. The van der Waals surface area contributed by atoms with Gasteiger partial charge in [0, 0.05) is 4.88 Å². The molecule has 0 saturated carbocycles. The number of anilines is 1. The summed E-state index contributed by atoms with van der Waals surface area (Å²) in [6, 6.07) is 2.87. The van der Waals surface area contributed by atoms with Crippen molar-refractivity contribution in [3.8, 4) is 0 Å². The summed E-state index contributed by atoms with van der Waals surface area (Å²) in [4.78, 5) is 0.259. The van der Waals surface area contributed by atoms with E-state index in [2.05, 4.69) is 0 Å². The quantitative estimate of drug-likeness (QED) is 0.707. The maximum atomic E-state index is 11.7. The van der Waals surface area contributed by atoms with Crippen LogP contribution in [0.3, 0.4) is 0 Å². The Hall–Kier alpha value is -0.710. The molecule has 1 rings (SSSR count). The standard InChI is InChI=1S/C6H6F3NS/c7-6(8,9)3-4-1-2-5(10)11-4/h1-2H,3,10H2. The fraction of sp³-hybridized carbons (Fsp3) is 0.333. The molecule has 62 valence electrons. The van der Waals surface area contributed by atoms with Gasteiger partial charge in [-0.1, -0.05) is 0 Å². The molecule has 0 atom stereocenters. The van der Waals surface area contributed by atoms with Crippen LogP contribution >= 0.6 is 11.3 Å². The highest BCUT2D eigenvalue weighted by Crippen LogP contribution is 2.26. The third-order valence-electron chi connectivity index (χ3n) is 1.06. The summed E-state index contributed by atoms with van der Waals surface area (Å²) in [5, 5.41) is 0.421. The molecule has 0 fully saturated rings. The SMILES string of the molecule is Nc1ccc(CC(F)(F)F)s1. The minimum absolute atomic E-state index is 0.259. The molecular weight excluding hydrogens is 175 g/mol. The summed E-state index contributed by atoms with van der Waals surface area (Å²) in [6.45, 7) is 0. The molecule has 0 aliphatic rings. The zero-order valence-electron chi connectivity index (χ0n) is 5.48. The van der Waals surface area contributed by atoms with Gasteiger partial charge in [0.15, 0.2) is 0 Å². The van der Waals surface area contributed by atoms with E-state index in [4.69, 9.17) is 5.73 Å². The zero-order chi connectivity index (χ0) is 8.48. The molecule has 11 heavy (non-hydrogen) atoms. The van der Waals surface area contributed by atoms with Crippen LogP contribution in [0.4, 0.5) is 18.2 Å². The Morgan fingerprint density at radius 1 is 1.36 bits per heavy atom. The van der Waals surface area contributed by atoms with Crippen LogP contribution in [-0.4, -0.2) is 6.18 Å². The monoisotopic (exact) mass is 181 g/mol. The van der Waals surface area contributed by atoms with E-state index < -0.39 is 12.6 Å². The van der Waals surface area contributed by atoms with Crippen LogP contribution in [0.5, 0.6) is 0 Å². The van der Waals surface area contributed by atoms with Crippen molar-refractivity contribution in [3.05, 3.63) is 17.0 Å². The molecule has 0 radical (unpaired) electrons. The van der Waals surface area contributed by atoms with Crippen molar-refractivity contribution in [2.75, 3.05) is 5.73 Å². The predicted molar refractivity (Wildman–Crippen MR) is 38.5 cm³/mol. The summed E-state index contributed by atoms with van der Waals surface area (Å²) in [6.07, 6.45) is -5.01. The van der Waals surface area contributed by atoms with Gasteiger partial charge >= 0.3 is 6.18 Å². The van der Waals surface area contributed by atoms with Crippen LogP contribution in [-0.2, 0) is 6.42 Å². The Labute approximate surface area is 65.6 Å². The van der Waals surface area contributed by atoms with E-state index in [1.807, 2.05) is 0 Å².